The van der Waals surface area contributed by atoms with Crippen molar-refractivity contribution in [3.8, 4) is 11.9 Å². The normalized spacial score (nSPS) is 13.2. The molecule has 0 radical (unpaired) electrons. The van der Waals surface area contributed by atoms with Crippen molar-refractivity contribution >= 4 is 11.9 Å². The SMILES string of the molecule is CCOC(=O)c1nn(-c2cc(C)c(C#N)cn2)cc1CNC[C@H](O)c1ccc2c(c1C)COC2=O. The molecule has 1 atom stereocenters. The van der Waals surface area contributed by atoms with Crippen LogP contribution in [0.25, 0.3) is 5.82 Å². The highest BCUT2D eigenvalue weighted by Gasteiger charge is 2.26. The first-order chi connectivity index (χ1) is 16.8. The maximum absolute atomic E-state index is 12.5. The van der Waals surface area contributed by atoms with Crippen molar-refractivity contribution in [3.63, 3.8) is 0 Å². The molecule has 4 rings (SSSR count). The Kier molecular flexibility index (Phi) is 6.91. The van der Waals surface area contributed by atoms with Crippen LogP contribution in [0.1, 0.15) is 67.3 Å². The van der Waals surface area contributed by atoms with Crippen LogP contribution >= 0.6 is 0 Å². The lowest BCUT2D eigenvalue weighted by molar-refractivity contribution is 0.0513. The molecule has 0 saturated heterocycles. The highest BCUT2D eigenvalue weighted by Crippen LogP contribution is 2.29. The first-order valence-electron chi connectivity index (χ1n) is 11.1. The van der Waals surface area contributed by atoms with Gasteiger partial charge in [0.15, 0.2) is 11.5 Å². The lowest BCUT2D eigenvalue weighted by Crippen LogP contribution is -2.23. The third-order valence-electron chi connectivity index (χ3n) is 5.93. The smallest absolute Gasteiger partial charge is 0.359 e. The number of aliphatic hydroxyl groups excluding tert-OH is 1. The Bertz CT molecular complexity index is 1340. The van der Waals surface area contributed by atoms with E-state index < -0.39 is 12.1 Å². The fourth-order valence-corrected chi connectivity index (χ4v) is 3.99. The van der Waals surface area contributed by atoms with Crippen molar-refractivity contribution in [2.24, 2.45) is 0 Å². The predicted octanol–water partition coefficient (Wildman–Crippen LogP) is 2.43. The number of nitriles is 1. The predicted molar refractivity (Wildman–Crippen MR) is 124 cm³/mol. The summed E-state index contributed by atoms with van der Waals surface area (Å²) >= 11 is 0. The van der Waals surface area contributed by atoms with Crippen molar-refractivity contribution in [2.45, 2.75) is 40.0 Å². The molecular formula is C25H25N5O5. The van der Waals surface area contributed by atoms with E-state index in [1.165, 1.54) is 10.9 Å². The molecule has 0 spiro atoms. The van der Waals surface area contributed by atoms with Gasteiger partial charge in [-0.3, -0.25) is 0 Å². The number of carbonyl (C=O) groups excluding carboxylic acids is 2. The number of ether oxygens (including phenoxy) is 2. The van der Waals surface area contributed by atoms with E-state index >= 15 is 0 Å². The van der Waals surface area contributed by atoms with Crippen LogP contribution in [0.15, 0.2) is 30.6 Å². The van der Waals surface area contributed by atoms with Gasteiger partial charge in [0.05, 0.1) is 23.8 Å². The van der Waals surface area contributed by atoms with E-state index in [1.54, 1.807) is 38.2 Å². The van der Waals surface area contributed by atoms with Crippen molar-refractivity contribution in [1.82, 2.24) is 20.1 Å². The zero-order valence-corrected chi connectivity index (χ0v) is 19.7. The number of aryl methyl sites for hydroxylation is 1. The molecule has 1 aliphatic heterocycles. The van der Waals surface area contributed by atoms with Gasteiger partial charge in [0.2, 0.25) is 0 Å². The molecule has 0 saturated carbocycles. The monoisotopic (exact) mass is 475 g/mol. The van der Waals surface area contributed by atoms with Gasteiger partial charge in [-0.1, -0.05) is 6.07 Å². The minimum atomic E-state index is -0.833. The highest BCUT2D eigenvalue weighted by atomic mass is 16.5. The summed E-state index contributed by atoms with van der Waals surface area (Å²) in [6.45, 7) is 6.23. The summed E-state index contributed by atoms with van der Waals surface area (Å²) in [5.74, 6) is -0.449. The Morgan fingerprint density at radius 1 is 1.40 bits per heavy atom. The fraction of sp³-hybridized carbons (Fsp3) is 0.320. The highest BCUT2D eigenvalue weighted by molar-refractivity contribution is 5.94. The van der Waals surface area contributed by atoms with Crippen LogP contribution in [0.2, 0.25) is 0 Å². The minimum Gasteiger partial charge on any atom is -0.461 e. The molecule has 1 aromatic carbocycles. The summed E-state index contributed by atoms with van der Waals surface area (Å²) in [5.41, 5.74) is 4.77. The van der Waals surface area contributed by atoms with Crippen molar-refractivity contribution < 1.29 is 24.2 Å². The van der Waals surface area contributed by atoms with Crippen LogP contribution in [0.4, 0.5) is 0 Å². The average Bonchev–Trinajstić information content (AvgIpc) is 3.44. The van der Waals surface area contributed by atoms with E-state index in [-0.39, 0.29) is 38.0 Å². The molecule has 0 unspecified atom stereocenters. The molecule has 2 aromatic heterocycles. The molecule has 0 amide bonds. The van der Waals surface area contributed by atoms with Gasteiger partial charge in [-0.25, -0.2) is 19.3 Å². The number of esters is 2. The molecule has 10 nitrogen and oxygen atoms in total. The van der Waals surface area contributed by atoms with E-state index in [2.05, 4.69) is 21.5 Å². The van der Waals surface area contributed by atoms with E-state index in [0.29, 0.717) is 28.1 Å². The van der Waals surface area contributed by atoms with E-state index in [1.807, 2.05) is 6.92 Å². The summed E-state index contributed by atoms with van der Waals surface area (Å²) < 4.78 is 11.7. The molecule has 3 aromatic rings. The van der Waals surface area contributed by atoms with E-state index in [9.17, 15) is 14.7 Å². The lowest BCUT2D eigenvalue weighted by atomic mass is 9.95. The quantitative estimate of drug-likeness (QED) is 0.470. The zero-order valence-electron chi connectivity index (χ0n) is 19.7. The third kappa shape index (κ3) is 4.77. The van der Waals surface area contributed by atoms with Crippen LogP contribution in [-0.4, -0.2) is 45.0 Å². The second-order valence-electron chi connectivity index (χ2n) is 8.17. The lowest BCUT2D eigenvalue weighted by Gasteiger charge is -2.16. The van der Waals surface area contributed by atoms with Crippen molar-refractivity contribution in [1.29, 1.82) is 5.26 Å². The van der Waals surface area contributed by atoms with Gasteiger partial charge in [-0.05, 0) is 49.6 Å². The van der Waals surface area contributed by atoms with Gasteiger partial charge < -0.3 is 19.9 Å². The molecule has 3 heterocycles. The van der Waals surface area contributed by atoms with Crippen LogP contribution in [0, 0.1) is 25.2 Å². The van der Waals surface area contributed by atoms with Crippen LogP contribution in [0.3, 0.4) is 0 Å². The van der Waals surface area contributed by atoms with Gasteiger partial charge in [0, 0.05) is 36.6 Å². The summed E-state index contributed by atoms with van der Waals surface area (Å²) in [5, 5.41) is 27.4. The number of benzene rings is 1. The third-order valence-corrected chi connectivity index (χ3v) is 5.93. The molecule has 2 N–H and O–H groups in total. The Balaban J connectivity index is 1.51. The van der Waals surface area contributed by atoms with Crippen LogP contribution < -0.4 is 5.32 Å². The number of nitrogens with one attached hydrogen (secondary N) is 1. The number of pyridine rings is 1. The summed E-state index contributed by atoms with van der Waals surface area (Å²) in [6.07, 6.45) is 2.30. The second-order valence-corrected chi connectivity index (χ2v) is 8.17. The number of nitrogens with zero attached hydrogens (tertiary/aromatic N) is 4. The minimum absolute atomic E-state index is 0.141. The number of hydrogen-bond donors (Lipinski definition) is 2. The van der Waals surface area contributed by atoms with Gasteiger partial charge >= 0.3 is 11.9 Å². The van der Waals surface area contributed by atoms with Crippen molar-refractivity contribution in [2.75, 3.05) is 13.2 Å². The number of cyclic esters (lactones) is 1. The Morgan fingerprint density at radius 3 is 2.91 bits per heavy atom. The van der Waals surface area contributed by atoms with Crippen LogP contribution in [0.5, 0.6) is 0 Å². The number of fused-ring (bicyclic) bond motifs is 1. The topological polar surface area (TPSA) is 139 Å². The molecule has 1 aliphatic rings. The standard InChI is InChI=1S/C25H25N5O5/c1-4-34-25(33)23-17(12-30(29-23)22-7-14(2)16(8-26)10-28-22)9-27-11-21(31)18-5-6-19-20(15(18)3)13-35-24(19)32/h5-7,10,12,21,27,31H,4,9,11,13H2,1-3H3/t21-/m0/s1. The van der Waals surface area contributed by atoms with Gasteiger partial charge in [-0.2, -0.15) is 10.4 Å². The molecular weight excluding hydrogens is 450 g/mol. The van der Waals surface area contributed by atoms with Crippen molar-refractivity contribution in [3.05, 3.63) is 75.2 Å². The molecule has 0 fully saturated rings. The van der Waals surface area contributed by atoms with Crippen LogP contribution in [-0.2, 0) is 22.6 Å². The van der Waals surface area contributed by atoms with E-state index in [4.69, 9.17) is 14.7 Å². The number of aromatic nitrogens is 3. The first kappa shape index (κ1) is 24.1. The largest absolute Gasteiger partial charge is 0.461 e. The maximum Gasteiger partial charge on any atom is 0.359 e. The zero-order chi connectivity index (χ0) is 25.1. The molecule has 180 valence electrons. The van der Waals surface area contributed by atoms with Gasteiger partial charge in [0.25, 0.3) is 0 Å². The Labute approximate surface area is 202 Å². The second kappa shape index (κ2) is 10.0. The van der Waals surface area contributed by atoms with Gasteiger partial charge in [0.1, 0.15) is 12.7 Å². The number of rotatable bonds is 8. The average molecular weight is 476 g/mol. The van der Waals surface area contributed by atoms with E-state index in [0.717, 1.165) is 16.7 Å². The maximum atomic E-state index is 12.5. The first-order valence-corrected chi connectivity index (χ1v) is 11.1. The fourth-order valence-electron chi connectivity index (χ4n) is 3.99. The summed E-state index contributed by atoms with van der Waals surface area (Å²) in [4.78, 5) is 28.5. The Hall–Kier alpha value is -4.07. The number of carbonyl (C=O) groups is 2. The molecule has 10 heteroatoms. The summed E-state index contributed by atoms with van der Waals surface area (Å²) in [6, 6.07) is 7.19. The molecule has 0 aliphatic carbocycles. The van der Waals surface area contributed by atoms with Gasteiger partial charge in [-0.15, -0.1) is 0 Å². The molecule has 0 bridgehead atoms. The number of hydrogen-bond acceptors (Lipinski definition) is 9. The number of aliphatic hydroxyl groups is 1. The molecule has 35 heavy (non-hydrogen) atoms. The summed E-state index contributed by atoms with van der Waals surface area (Å²) in [7, 11) is 0. The Morgan fingerprint density at radius 2 is 2.20 bits per heavy atom.